The van der Waals surface area contributed by atoms with Gasteiger partial charge in [0.1, 0.15) is 0 Å². The lowest BCUT2D eigenvalue weighted by atomic mass is 9.89. The number of hydrogen-bond donors (Lipinski definition) is 0. The summed E-state index contributed by atoms with van der Waals surface area (Å²) in [7, 11) is 2.21. The van der Waals surface area contributed by atoms with Crippen molar-refractivity contribution in [2.24, 2.45) is 0 Å². The predicted molar refractivity (Wildman–Crippen MR) is 154 cm³/mol. The first-order chi connectivity index (χ1) is 15.4. The Bertz CT molecular complexity index is 866. The topological polar surface area (TPSA) is 3.24 Å². The van der Waals surface area contributed by atoms with Crippen LogP contribution in [0, 0.1) is 27.7 Å². The number of hydrogen-bond acceptors (Lipinski definition) is 1. The maximum atomic E-state index is 2.40. The van der Waals surface area contributed by atoms with Crippen molar-refractivity contribution < 1.29 is 0 Å². The van der Waals surface area contributed by atoms with Crippen LogP contribution in [-0.2, 0) is 6.42 Å². The van der Waals surface area contributed by atoms with E-state index >= 15 is 0 Å². The van der Waals surface area contributed by atoms with Crippen molar-refractivity contribution in [2.75, 3.05) is 18.5 Å². The molecule has 182 valence electrons. The van der Waals surface area contributed by atoms with Crippen LogP contribution in [0.15, 0.2) is 24.3 Å². The van der Waals surface area contributed by atoms with Crippen molar-refractivity contribution in [2.45, 2.75) is 103 Å². The van der Waals surface area contributed by atoms with Gasteiger partial charge in [-0.1, -0.05) is 74.4 Å². The van der Waals surface area contributed by atoms with Crippen LogP contribution >= 0.6 is 0 Å². The van der Waals surface area contributed by atoms with Gasteiger partial charge < -0.3 is 4.90 Å². The molecular weight excluding hydrogens is 386 g/mol. The van der Waals surface area contributed by atoms with E-state index in [4.69, 9.17) is 0 Å². The molecule has 0 saturated carbocycles. The molecule has 0 atom stereocenters. The Morgan fingerprint density at radius 1 is 0.531 bits per heavy atom. The first-order valence-electron chi connectivity index (χ1n) is 13.1. The summed E-state index contributed by atoms with van der Waals surface area (Å²) in [6.45, 7) is 30.4. The third-order valence-corrected chi connectivity index (χ3v) is 5.64. The Hall–Kier alpha value is -2.02. The highest BCUT2D eigenvalue weighted by atomic mass is 15.1. The van der Waals surface area contributed by atoms with Gasteiger partial charge in [0, 0.05) is 24.4 Å². The van der Waals surface area contributed by atoms with Crippen molar-refractivity contribution in [1.29, 1.82) is 0 Å². The monoisotopic (exact) mass is 439 g/mol. The number of anilines is 1. The van der Waals surface area contributed by atoms with E-state index in [1.165, 1.54) is 55.0 Å². The van der Waals surface area contributed by atoms with E-state index in [0.29, 0.717) is 0 Å². The minimum Gasteiger partial charge on any atom is -0.374 e. The molecule has 0 aromatic heterocycles. The lowest BCUT2D eigenvalue weighted by Gasteiger charge is -2.25. The maximum absolute atomic E-state index is 2.40. The third-order valence-electron chi connectivity index (χ3n) is 5.64. The van der Waals surface area contributed by atoms with E-state index in [-0.39, 0.29) is 0 Å². The molecule has 0 unspecified atom stereocenters. The molecule has 3 aromatic rings. The number of nitrogens with zero attached hydrogens (tertiary/aromatic N) is 1. The molecule has 0 saturated heterocycles. The van der Waals surface area contributed by atoms with Gasteiger partial charge in [-0.3, -0.25) is 0 Å². The second-order valence-electron chi connectivity index (χ2n) is 7.16. The van der Waals surface area contributed by atoms with Gasteiger partial charge in [0.25, 0.3) is 0 Å². The van der Waals surface area contributed by atoms with E-state index in [2.05, 4.69) is 77.8 Å². The van der Waals surface area contributed by atoms with Gasteiger partial charge >= 0.3 is 0 Å². The summed E-state index contributed by atoms with van der Waals surface area (Å²) in [6.07, 6.45) is 1.06. The molecule has 0 N–H and O–H groups in total. The van der Waals surface area contributed by atoms with Crippen molar-refractivity contribution in [3.63, 3.8) is 0 Å². The van der Waals surface area contributed by atoms with Gasteiger partial charge in [-0.15, -0.1) is 0 Å². The van der Waals surface area contributed by atoms with Crippen molar-refractivity contribution in [3.05, 3.63) is 52.1 Å². The molecule has 0 amide bonds. The van der Waals surface area contributed by atoms with Crippen LogP contribution < -0.4 is 4.90 Å². The molecule has 0 aliphatic carbocycles. The second kappa shape index (κ2) is 16.6. The van der Waals surface area contributed by atoms with Gasteiger partial charge in [0.05, 0.1) is 5.69 Å². The average Bonchev–Trinajstić information content (AvgIpc) is 2.84. The van der Waals surface area contributed by atoms with Crippen LogP contribution in [0.2, 0.25) is 0 Å². The number of rotatable bonds is 3. The molecule has 3 rings (SSSR count). The number of aryl methyl sites for hydroxylation is 5. The number of benzene rings is 3. The summed E-state index contributed by atoms with van der Waals surface area (Å²) in [6, 6.07) is 9.57. The molecule has 1 nitrogen and oxygen atoms in total. The van der Waals surface area contributed by atoms with Crippen LogP contribution in [0.5, 0.6) is 0 Å². The lowest BCUT2D eigenvalue weighted by Crippen LogP contribution is -2.17. The molecule has 3 aromatic carbocycles. The molecule has 0 fully saturated rings. The molecule has 1 heteroatoms. The summed E-state index contributed by atoms with van der Waals surface area (Å²) in [5.74, 6) is 0. The quantitative estimate of drug-likeness (QED) is 0.367. The first kappa shape index (κ1) is 32.2. The zero-order valence-electron chi connectivity index (χ0n) is 24.2. The van der Waals surface area contributed by atoms with E-state index < -0.39 is 0 Å². The van der Waals surface area contributed by atoms with Gasteiger partial charge in [-0.25, -0.2) is 0 Å². The summed E-state index contributed by atoms with van der Waals surface area (Å²) in [5.41, 5.74) is 8.37. The molecular formula is C31H53N. The highest BCUT2D eigenvalue weighted by Gasteiger charge is 2.17. The van der Waals surface area contributed by atoms with Crippen molar-refractivity contribution >= 4 is 27.2 Å². The van der Waals surface area contributed by atoms with E-state index in [1.54, 1.807) is 0 Å². The normalized spacial score (nSPS) is 9.34. The van der Waals surface area contributed by atoms with Gasteiger partial charge in [-0.2, -0.15) is 0 Å². The minimum absolute atomic E-state index is 1.01. The van der Waals surface area contributed by atoms with Crippen LogP contribution in [0.3, 0.4) is 0 Å². The molecule has 0 heterocycles. The Kier molecular flexibility index (Phi) is 16.7. The van der Waals surface area contributed by atoms with E-state index in [0.717, 1.165) is 13.0 Å². The minimum atomic E-state index is 1.01. The lowest BCUT2D eigenvalue weighted by molar-refractivity contribution is 0.978. The standard InChI is InChI=1S/C23H29N.4C2H6/c1-8-18-19-10-14(3)16(5)12-21(19)23(24(7)9-2)22-13-17(6)15(4)11-20(18)22;4*1-2/h10-13H,8-9H2,1-7H3;4*1-2H3. The largest absolute Gasteiger partial charge is 0.374 e. The zero-order chi connectivity index (χ0) is 25.6. The van der Waals surface area contributed by atoms with E-state index in [9.17, 15) is 0 Å². The fourth-order valence-electron chi connectivity index (χ4n) is 3.76. The fraction of sp³-hybridized carbons (Fsp3) is 0.548. The maximum Gasteiger partial charge on any atom is 0.0523 e. The van der Waals surface area contributed by atoms with Crippen molar-refractivity contribution in [3.8, 4) is 0 Å². The smallest absolute Gasteiger partial charge is 0.0523 e. The Labute approximate surface area is 201 Å². The van der Waals surface area contributed by atoms with Gasteiger partial charge in [-0.05, 0) is 91.8 Å². The van der Waals surface area contributed by atoms with Gasteiger partial charge in [0.15, 0.2) is 0 Å². The Morgan fingerprint density at radius 3 is 1.06 bits per heavy atom. The predicted octanol–water partition coefficient (Wildman–Crippen LogP) is 10.3. The average molecular weight is 440 g/mol. The third kappa shape index (κ3) is 6.99. The summed E-state index contributed by atoms with van der Waals surface area (Å²) >= 11 is 0. The molecule has 0 spiro atoms. The summed E-state index contributed by atoms with van der Waals surface area (Å²) < 4.78 is 0. The SMILES string of the molecule is CC.CC.CC.CC.CCc1c2cc(C)c(C)cc2c(N(C)CC)c2cc(C)c(C)cc12. The molecule has 0 bridgehead atoms. The summed E-state index contributed by atoms with van der Waals surface area (Å²) in [5, 5.41) is 5.64. The highest BCUT2D eigenvalue weighted by Crippen LogP contribution is 2.40. The second-order valence-corrected chi connectivity index (χ2v) is 7.16. The first-order valence-corrected chi connectivity index (χ1v) is 13.1. The number of fused-ring (bicyclic) bond motifs is 2. The molecule has 0 aliphatic rings. The Balaban J connectivity index is 0. The fourth-order valence-corrected chi connectivity index (χ4v) is 3.76. The van der Waals surface area contributed by atoms with E-state index in [1.807, 2.05) is 55.4 Å². The molecule has 32 heavy (non-hydrogen) atoms. The van der Waals surface area contributed by atoms with Crippen LogP contribution in [-0.4, -0.2) is 13.6 Å². The van der Waals surface area contributed by atoms with Crippen LogP contribution in [0.25, 0.3) is 21.5 Å². The zero-order valence-corrected chi connectivity index (χ0v) is 24.2. The molecule has 0 aliphatic heterocycles. The van der Waals surface area contributed by atoms with Crippen LogP contribution in [0.4, 0.5) is 5.69 Å². The highest BCUT2D eigenvalue weighted by molar-refractivity contribution is 6.14. The van der Waals surface area contributed by atoms with Gasteiger partial charge in [0.2, 0.25) is 0 Å². The van der Waals surface area contributed by atoms with Crippen LogP contribution in [0.1, 0.15) is 97.1 Å². The molecule has 0 radical (unpaired) electrons. The summed E-state index contributed by atoms with van der Waals surface area (Å²) in [4.78, 5) is 2.40. The van der Waals surface area contributed by atoms with Crippen molar-refractivity contribution in [1.82, 2.24) is 0 Å². The Morgan fingerprint density at radius 2 is 0.812 bits per heavy atom.